The fourth-order valence-electron chi connectivity index (χ4n) is 2.79. The smallest absolute Gasteiger partial charge is 0.323 e. The Morgan fingerprint density at radius 1 is 1.30 bits per heavy atom. The van der Waals surface area contributed by atoms with Crippen LogP contribution in [0.1, 0.15) is 47.3 Å². The highest BCUT2D eigenvalue weighted by molar-refractivity contribution is 6.07. The molecule has 1 aliphatic rings. The fraction of sp³-hybridized carbons (Fsp3) is 0.389. The number of aliphatic carboxylic acids is 1. The van der Waals surface area contributed by atoms with Crippen molar-refractivity contribution < 1.29 is 14.7 Å². The van der Waals surface area contributed by atoms with E-state index in [1.165, 1.54) is 4.90 Å². The van der Waals surface area contributed by atoms with E-state index in [1.807, 2.05) is 31.2 Å². The van der Waals surface area contributed by atoms with Gasteiger partial charge in [-0.05, 0) is 44.9 Å². The number of fused-ring (bicyclic) bond motifs is 1. The zero-order chi connectivity index (χ0) is 16.6. The first-order valence-electron chi connectivity index (χ1n) is 7.92. The van der Waals surface area contributed by atoms with Crippen LogP contribution in [0.5, 0.6) is 0 Å². The van der Waals surface area contributed by atoms with E-state index in [1.54, 1.807) is 6.92 Å². The number of pyridine rings is 1. The van der Waals surface area contributed by atoms with Crippen LogP contribution in [0.15, 0.2) is 24.3 Å². The van der Waals surface area contributed by atoms with Crippen molar-refractivity contribution in [3.63, 3.8) is 0 Å². The van der Waals surface area contributed by atoms with Gasteiger partial charge >= 0.3 is 5.97 Å². The zero-order valence-electron chi connectivity index (χ0n) is 13.4. The predicted octanol–water partition coefficient (Wildman–Crippen LogP) is 2.97. The number of carboxylic acid groups (broad SMARTS) is 1. The molecule has 0 aliphatic heterocycles. The highest BCUT2D eigenvalue weighted by atomic mass is 16.4. The molecule has 0 unspecified atom stereocenters. The molecule has 1 amide bonds. The summed E-state index contributed by atoms with van der Waals surface area (Å²) in [5, 5.41) is 9.81. The van der Waals surface area contributed by atoms with Gasteiger partial charge in [0.1, 0.15) is 6.54 Å². The van der Waals surface area contributed by atoms with Gasteiger partial charge in [-0.1, -0.05) is 11.6 Å². The molecule has 3 rings (SSSR count). The van der Waals surface area contributed by atoms with Crippen LogP contribution in [-0.4, -0.2) is 40.0 Å². The molecule has 1 aromatic carbocycles. The van der Waals surface area contributed by atoms with Crippen LogP contribution in [0, 0.1) is 6.92 Å². The van der Waals surface area contributed by atoms with Crippen molar-refractivity contribution in [3.8, 4) is 0 Å². The van der Waals surface area contributed by atoms with Gasteiger partial charge in [-0.3, -0.25) is 14.6 Å². The van der Waals surface area contributed by atoms with Crippen LogP contribution in [0.2, 0.25) is 0 Å². The summed E-state index contributed by atoms with van der Waals surface area (Å²) in [6.45, 7) is 3.83. The van der Waals surface area contributed by atoms with E-state index >= 15 is 0 Å². The van der Waals surface area contributed by atoms with Crippen molar-refractivity contribution >= 4 is 22.8 Å². The molecule has 5 heteroatoms. The molecular formula is C18H20N2O3. The monoisotopic (exact) mass is 312 g/mol. The lowest BCUT2D eigenvalue weighted by Crippen LogP contribution is -2.35. The quantitative estimate of drug-likeness (QED) is 0.921. The second-order valence-corrected chi connectivity index (χ2v) is 6.10. The highest BCUT2D eigenvalue weighted by Gasteiger charge is 2.28. The number of hydrogen-bond donors (Lipinski definition) is 1. The molecule has 1 heterocycles. The average molecular weight is 312 g/mol. The van der Waals surface area contributed by atoms with E-state index in [-0.39, 0.29) is 12.5 Å². The van der Waals surface area contributed by atoms with Crippen molar-refractivity contribution in [2.75, 3.05) is 13.1 Å². The lowest BCUT2D eigenvalue weighted by molar-refractivity contribution is -0.137. The first-order chi connectivity index (χ1) is 11.0. The maximum absolute atomic E-state index is 12.9. The largest absolute Gasteiger partial charge is 0.480 e. The van der Waals surface area contributed by atoms with Crippen LogP contribution in [0.4, 0.5) is 0 Å². The van der Waals surface area contributed by atoms with Gasteiger partial charge < -0.3 is 10.0 Å². The molecule has 0 saturated heterocycles. The number of likely N-dealkylation sites (N-methyl/N-ethyl adjacent to an activating group) is 1. The summed E-state index contributed by atoms with van der Waals surface area (Å²) in [4.78, 5) is 29.9. The van der Waals surface area contributed by atoms with Gasteiger partial charge in [0.05, 0.1) is 11.1 Å². The molecule has 0 atom stereocenters. The van der Waals surface area contributed by atoms with Crippen molar-refractivity contribution in [1.29, 1.82) is 0 Å². The molecule has 1 N–H and O–H groups in total. The van der Waals surface area contributed by atoms with Gasteiger partial charge in [0, 0.05) is 23.5 Å². The van der Waals surface area contributed by atoms with E-state index in [9.17, 15) is 9.59 Å². The second kappa shape index (κ2) is 5.99. The van der Waals surface area contributed by atoms with Crippen molar-refractivity contribution in [2.45, 2.75) is 32.6 Å². The molecular weight excluding hydrogens is 292 g/mol. The molecule has 5 nitrogen and oxygen atoms in total. The number of aryl methyl sites for hydroxylation is 1. The van der Waals surface area contributed by atoms with E-state index in [0.29, 0.717) is 18.0 Å². The van der Waals surface area contributed by atoms with Gasteiger partial charge in [0.2, 0.25) is 0 Å². The number of nitrogens with zero attached hydrogens (tertiary/aromatic N) is 2. The van der Waals surface area contributed by atoms with Gasteiger partial charge in [-0.25, -0.2) is 0 Å². The molecule has 120 valence electrons. The summed E-state index contributed by atoms with van der Waals surface area (Å²) in [6.07, 6.45) is 2.20. The van der Waals surface area contributed by atoms with Crippen molar-refractivity contribution in [3.05, 3.63) is 41.1 Å². The molecule has 0 spiro atoms. The van der Waals surface area contributed by atoms with Crippen LogP contribution in [0.3, 0.4) is 0 Å². The minimum atomic E-state index is -1.00. The number of carboxylic acids is 1. The Hall–Kier alpha value is -2.43. The Morgan fingerprint density at radius 3 is 2.65 bits per heavy atom. The molecule has 23 heavy (non-hydrogen) atoms. The average Bonchev–Trinajstić information content (AvgIpc) is 3.35. The van der Waals surface area contributed by atoms with Crippen molar-refractivity contribution in [2.24, 2.45) is 0 Å². The lowest BCUT2D eigenvalue weighted by Gasteiger charge is -2.20. The molecule has 2 aromatic rings. The normalized spacial score (nSPS) is 14.0. The summed E-state index contributed by atoms with van der Waals surface area (Å²) in [5.74, 6) is -0.811. The van der Waals surface area contributed by atoms with Crippen LogP contribution < -0.4 is 0 Å². The Balaban J connectivity index is 2.11. The third-order valence-corrected chi connectivity index (χ3v) is 4.21. The molecule has 1 saturated carbocycles. The lowest BCUT2D eigenvalue weighted by atomic mass is 10.0. The van der Waals surface area contributed by atoms with E-state index in [0.717, 1.165) is 35.0 Å². The van der Waals surface area contributed by atoms with Gasteiger partial charge in [-0.2, -0.15) is 0 Å². The summed E-state index contributed by atoms with van der Waals surface area (Å²) in [7, 11) is 0. The van der Waals surface area contributed by atoms with E-state index in [4.69, 9.17) is 5.11 Å². The summed E-state index contributed by atoms with van der Waals surface area (Å²) < 4.78 is 0. The number of amides is 1. The first kappa shape index (κ1) is 15.5. The van der Waals surface area contributed by atoms with Crippen LogP contribution >= 0.6 is 0 Å². The maximum Gasteiger partial charge on any atom is 0.323 e. The zero-order valence-corrected chi connectivity index (χ0v) is 13.4. The Labute approximate surface area is 134 Å². The van der Waals surface area contributed by atoms with Gasteiger partial charge in [-0.15, -0.1) is 0 Å². The van der Waals surface area contributed by atoms with Crippen LogP contribution in [0.25, 0.3) is 10.9 Å². The minimum absolute atomic E-state index is 0.241. The topological polar surface area (TPSA) is 70.5 Å². The number of aromatic nitrogens is 1. The Bertz CT molecular complexity index is 781. The fourth-order valence-corrected chi connectivity index (χ4v) is 2.79. The summed E-state index contributed by atoms with van der Waals surface area (Å²) in [5.41, 5.74) is 3.35. The maximum atomic E-state index is 12.9. The Kier molecular flexibility index (Phi) is 4.03. The molecule has 1 fully saturated rings. The van der Waals surface area contributed by atoms with Crippen LogP contribution in [-0.2, 0) is 4.79 Å². The number of hydrogen-bond acceptors (Lipinski definition) is 3. The SMILES string of the molecule is CCN(CC(=O)O)C(=O)c1cc(C2CC2)nc2ccc(C)cc12. The Morgan fingerprint density at radius 2 is 2.04 bits per heavy atom. The van der Waals surface area contributed by atoms with E-state index < -0.39 is 5.97 Å². The molecule has 0 radical (unpaired) electrons. The molecule has 1 aliphatic carbocycles. The van der Waals surface area contributed by atoms with Gasteiger partial charge in [0.15, 0.2) is 0 Å². The summed E-state index contributed by atoms with van der Waals surface area (Å²) in [6, 6.07) is 7.71. The predicted molar refractivity (Wildman–Crippen MR) is 87.7 cm³/mol. The highest BCUT2D eigenvalue weighted by Crippen LogP contribution is 2.40. The van der Waals surface area contributed by atoms with E-state index in [2.05, 4.69) is 4.98 Å². The standard InChI is InChI=1S/C18H20N2O3/c1-3-20(10-17(21)22)18(23)14-9-16(12-5-6-12)19-15-7-4-11(2)8-13(14)15/h4,7-9,12H,3,5-6,10H2,1-2H3,(H,21,22). The number of rotatable bonds is 5. The second-order valence-electron chi connectivity index (χ2n) is 6.10. The number of benzene rings is 1. The number of carbonyl (C=O) groups is 2. The minimum Gasteiger partial charge on any atom is -0.480 e. The third-order valence-electron chi connectivity index (χ3n) is 4.21. The van der Waals surface area contributed by atoms with Crippen molar-refractivity contribution in [1.82, 2.24) is 9.88 Å². The summed E-state index contributed by atoms with van der Waals surface area (Å²) >= 11 is 0. The molecule has 1 aromatic heterocycles. The molecule has 0 bridgehead atoms. The first-order valence-corrected chi connectivity index (χ1v) is 7.92. The number of carbonyl (C=O) groups excluding carboxylic acids is 1. The third kappa shape index (κ3) is 3.18. The van der Waals surface area contributed by atoms with Gasteiger partial charge in [0.25, 0.3) is 5.91 Å².